The highest BCUT2D eigenvalue weighted by Gasteiger charge is 2.25. The van der Waals surface area contributed by atoms with Crippen LogP contribution in [0.1, 0.15) is 35.3 Å². The van der Waals surface area contributed by atoms with Crippen LogP contribution in [0.3, 0.4) is 0 Å². The lowest BCUT2D eigenvalue weighted by Gasteiger charge is -2.22. The van der Waals surface area contributed by atoms with Crippen molar-refractivity contribution >= 4 is 17.8 Å². The van der Waals surface area contributed by atoms with Gasteiger partial charge in [-0.15, -0.1) is 0 Å². The molecule has 31 heavy (non-hydrogen) atoms. The molecule has 1 heterocycles. The average molecular weight is 427 g/mol. The lowest BCUT2D eigenvalue weighted by atomic mass is 10.0. The second-order valence-electron chi connectivity index (χ2n) is 6.64. The largest absolute Gasteiger partial charge is 0.497 e. The molecule has 1 aliphatic rings. The Morgan fingerprint density at radius 1 is 1.06 bits per heavy atom. The minimum Gasteiger partial charge on any atom is -0.497 e. The van der Waals surface area contributed by atoms with Crippen molar-refractivity contribution in [2.75, 3.05) is 27.9 Å². The van der Waals surface area contributed by atoms with Gasteiger partial charge in [0.1, 0.15) is 11.5 Å². The van der Waals surface area contributed by atoms with E-state index in [-0.39, 0.29) is 18.3 Å². The number of guanidine groups is 1. The first-order chi connectivity index (χ1) is 15.0. The van der Waals surface area contributed by atoms with Crippen LogP contribution in [0, 0.1) is 0 Å². The maximum Gasteiger partial charge on any atom is 0.258 e. The Morgan fingerprint density at radius 3 is 2.39 bits per heavy atom. The number of aliphatic imine (C=N–C) groups is 1. The molecular formula is C22H25N3O6. The normalized spacial score (nSPS) is 15.4. The number of carbonyl (C=O) groups is 2. The van der Waals surface area contributed by atoms with Gasteiger partial charge >= 0.3 is 0 Å². The molecule has 0 fully saturated rings. The third kappa shape index (κ3) is 5.25. The molecule has 1 atom stereocenters. The van der Waals surface area contributed by atoms with Crippen LogP contribution in [0.25, 0.3) is 0 Å². The van der Waals surface area contributed by atoms with Crippen molar-refractivity contribution in [3.63, 3.8) is 0 Å². The number of hydrogen-bond acceptors (Lipinski definition) is 7. The summed E-state index contributed by atoms with van der Waals surface area (Å²) in [7, 11) is 4.54. The average Bonchev–Trinajstić information content (AvgIpc) is 2.78. The summed E-state index contributed by atoms with van der Waals surface area (Å²) in [6.45, 7) is 2.39. The summed E-state index contributed by atoms with van der Waals surface area (Å²) in [5.74, 6) is 1.46. The summed E-state index contributed by atoms with van der Waals surface area (Å²) in [5.41, 5.74) is 1.07. The van der Waals surface area contributed by atoms with E-state index in [1.165, 1.54) is 14.2 Å². The van der Waals surface area contributed by atoms with E-state index in [0.29, 0.717) is 35.2 Å². The zero-order valence-corrected chi connectivity index (χ0v) is 17.9. The van der Waals surface area contributed by atoms with Gasteiger partial charge < -0.3 is 18.9 Å². The highest BCUT2D eigenvalue weighted by Crippen LogP contribution is 2.33. The number of rotatable bonds is 7. The first-order valence-electron chi connectivity index (χ1n) is 9.70. The van der Waals surface area contributed by atoms with Crippen LogP contribution in [0.2, 0.25) is 0 Å². The van der Waals surface area contributed by atoms with Gasteiger partial charge in [0.2, 0.25) is 11.9 Å². The predicted molar refractivity (Wildman–Crippen MR) is 114 cm³/mol. The van der Waals surface area contributed by atoms with E-state index < -0.39 is 11.9 Å². The molecule has 0 radical (unpaired) electrons. The third-order valence-corrected chi connectivity index (χ3v) is 4.64. The first-order valence-corrected chi connectivity index (χ1v) is 9.70. The number of amides is 2. The Morgan fingerprint density at radius 2 is 1.77 bits per heavy atom. The fourth-order valence-corrected chi connectivity index (χ4v) is 3.13. The summed E-state index contributed by atoms with van der Waals surface area (Å²) in [4.78, 5) is 29.5. The highest BCUT2D eigenvalue weighted by molar-refractivity contribution is 6.10. The van der Waals surface area contributed by atoms with Crippen LogP contribution in [0.5, 0.6) is 23.0 Å². The van der Waals surface area contributed by atoms with Gasteiger partial charge in [-0.3, -0.25) is 20.2 Å². The van der Waals surface area contributed by atoms with Gasteiger partial charge in [0.15, 0.2) is 11.5 Å². The Kier molecular flexibility index (Phi) is 6.96. The monoisotopic (exact) mass is 427 g/mol. The Bertz CT molecular complexity index is 982. The molecule has 3 rings (SSSR count). The van der Waals surface area contributed by atoms with Gasteiger partial charge in [-0.25, -0.2) is 4.99 Å². The quantitative estimate of drug-likeness (QED) is 0.703. The fourth-order valence-electron chi connectivity index (χ4n) is 3.13. The van der Waals surface area contributed by atoms with Crippen LogP contribution < -0.4 is 29.6 Å². The van der Waals surface area contributed by atoms with E-state index in [2.05, 4.69) is 15.6 Å². The molecule has 164 valence electrons. The molecule has 2 amide bonds. The predicted octanol–water partition coefficient (Wildman–Crippen LogP) is 2.46. The van der Waals surface area contributed by atoms with Gasteiger partial charge in [-0.05, 0) is 36.8 Å². The number of nitrogens with one attached hydrogen (secondary N) is 2. The molecule has 1 aliphatic heterocycles. The van der Waals surface area contributed by atoms with E-state index in [1.54, 1.807) is 37.4 Å². The standard InChI is InChI=1S/C22H25N3O6/c1-5-31-18-7-6-13(10-19(18)30-4)17-12-20(26)24-22(23-17)25-21(27)14-8-15(28-2)11-16(9-14)29-3/h6-11,17H,5,12H2,1-4H3,(H2,23,24,25,26,27)/t17-/m1/s1. The number of benzene rings is 2. The first kappa shape index (κ1) is 21.9. The number of carbonyl (C=O) groups excluding carboxylic acids is 2. The van der Waals surface area contributed by atoms with Gasteiger partial charge in [0.05, 0.1) is 40.4 Å². The SMILES string of the molecule is CCOc1ccc([C@H]2CC(=O)NC(NC(=O)c3cc(OC)cc(OC)c3)=N2)cc1OC. The summed E-state index contributed by atoms with van der Waals surface area (Å²) >= 11 is 0. The molecule has 0 aromatic heterocycles. The van der Waals surface area contributed by atoms with Crippen LogP contribution in [0.4, 0.5) is 0 Å². The molecule has 0 aliphatic carbocycles. The van der Waals surface area contributed by atoms with Crippen molar-refractivity contribution in [2.45, 2.75) is 19.4 Å². The minimum absolute atomic E-state index is 0.0703. The minimum atomic E-state index is -0.478. The van der Waals surface area contributed by atoms with Crippen molar-refractivity contribution in [3.05, 3.63) is 47.5 Å². The molecule has 2 N–H and O–H groups in total. The molecule has 0 spiro atoms. The molecule has 0 saturated carbocycles. The number of hydrogen-bond donors (Lipinski definition) is 2. The summed E-state index contributed by atoms with van der Waals surface area (Å²) in [5, 5.41) is 5.24. The molecular weight excluding hydrogens is 402 g/mol. The Balaban J connectivity index is 1.84. The molecule has 0 saturated heterocycles. The lowest BCUT2D eigenvalue weighted by molar-refractivity contribution is -0.120. The molecule has 2 aromatic rings. The molecule has 9 nitrogen and oxygen atoms in total. The van der Waals surface area contributed by atoms with Crippen LogP contribution >= 0.6 is 0 Å². The Hall–Kier alpha value is -3.75. The van der Waals surface area contributed by atoms with Gasteiger partial charge in [0.25, 0.3) is 5.91 Å². The van der Waals surface area contributed by atoms with E-state index >= 15 is 0 Å². The highest BCUT2D eigenvalue weighted by atomic mass is 16.5. The zero-order chi connectivity index (χ0) is 22.4. The van der Waals surface area contributed by atoms with Crippen molar-refractivity contribution < 1.29 is 28.5 Å². The molecule has 2 aromatic carbocycles. The van der Waals surface area contributed by atoms with Gasteiger partial charge in [0, 0.05) is 11.6 Å². The van der Waals surface area contributed by atoms with Crippen LogP contribution in [-0.2, 0) is 4.79 Å². The van der Waals surface area contributed by atoms with E-state index in [0.717, 1.165) is 5.56 Å². The maximum absolute atomic E-state index is 12.7. The van der Waals surface area contributed by atoms with E-state index in [1.807, 2.05) is 13.0 Å². The number of methoxy groups -OCH3 is 3. The van der Waals surface area contributed by atoms with Crippen LogP contribution in [0.15, 0.2) is 41.4 Å². The number of ether oxygens (including phenoxy) is 4. The second kappa shape index (κ2) is 9.84. The van der Waals surface area contributed by atoms with Crippen molar-refractivity contribution in [2.24, 2.45) is 4.99 Å². The van der Waals surface area contributed by atoms with Gasteiger partial charge in [-0.1, -0.05) is 6.07 Å². The summed E-state index contributed by atoms with van der Waals surface area (Å²) in [6, 6.07) is 9.70. The molecule has 9 heteroatoms. The van der Waals surface area contributed by atoms with Gasteiger partial charge in [-0.2, -0.15) is 0 Å². The van der Waals surface area contributed by atoms with E-state index in [9.17, 15) is 9.59 Å². The molecule has 0 unspecified atom stereocenters. The third-order valence-electron chi connectivity index (χ3n) is 4.64. The maximum atomic E-state index is 12.7. The van der Waals surface area contributed by atoms with Crippen molar-refractivity contribution in [1.82, 2.24) is 10.6 Å². The smallest absolute Gasteiger partial charge is 0.258 e. The zero-order valence-electron chi connectivity index (χ0n) is 17.9. The lowest BCUT2D eigenvalue weighted by Crippen LogP contribution is -2.47. The number of nitrogens with zero attached hydrogens (tertiary/aromatic N) is 1. The fraction of sp³-hybridized carbons (Fsp3) is 0.318. The Labute approximate surface area is 180 Å². The topological polar surface area (TPSA) is 107 Å². The molecule has 0 bridgehead atoms. The van der Waals surface area contributed by atoms with Crippen molar-refractivity contribution in [3.8, 4) is 23.0 Å². The van der Waals surface area contributed by atoms with E-state index in [4.69, 9.17) is 18.9 Å². The summed E-state index contributed by atoms with van der Waals surface area (Å²) in [6.07, 6.45) is 0.142. The summed E-state index contributed by atoms with van der Waals surface area (Å²) < 4.78 is 21.3. The second-order valence-corrected chi connectivity index (χ2v) is 6.64. The van der Waals surface area contributed by atoms with Crippen molar-refractivity contribution in [1.29, 1.82) is 0 Å². The van der Waals surface area contributed by atoms with Crippen LogP contribution in [-0.4, -0.2) is 45.7 Å².